The molecule has 20 heavy (non-hydrogen) atoms. The van der Waals surface area contributed by atoms with E-state index in [0.717, 1.165) is 24.3 Å². The van der Waals surface area contributed by atoms with Crippen LogP contribution in [0.1, 0.15) is 55.6 Å². The molecule has 1 aromatic rings. The highest BCUT2D eigenvalue weighted by Gasteiger charge is 2.20. The van der Waals surface area contributed by atoms with Crippen molar-refractivity contribution in [2.24, 2.45) is 5.92 Å². The summed E-state index contributed by atoms with van der Waals surface area (Å²) in [5, 5.41) is 8.83. The lowest BCUT2D eigenvalue weighted by atomic mass is 9.78. The predicted molar refractivity (Wildman–Crippen MR) is 84.4 cm³/mol. The molecule has 1 fully saturated rings. The minimum Gasteiger partial charge on any atom is -0.192 e. The third kappa shape index (κ3) is 4.10. The van der Waals surface area contributed by atoms with Crippen molar-refractivity contribution in [3.05, 3.63) is 60.2 Å². The first-order valence-electron chi connectivity index (χ1n) is 7.61. The normalized spacial score (nSPS) is 22.6. The van der Waals surface area contributed by atoms with E-state index in [2.05, 4.69) is 36.9 Å². The summed E-state index contributed by atoms with van der Waals surface area (Å²) in [7, 11) is 0. The maximum atomic E-state index is 8.83. The maximum Gasteiger partial charge on any atom is 0.0991 e. The Morgan fingerprint density at radius 2 is 1.80 bits per heavy atom. The summed E-state index contributed by atoms with van der Waals surface area (Å²) >= 11 is 0. The Hall–Kier alpha value is -1.81. The average molecular weight is 265 g/mol. The largest absolute Gasteiger partial charge is 0.192 e. The zero-order valence-corrected chi connectivity index (χ0v) is 12.1. The number of hydrogen-bond donors (Lipinski definition) is 0. The molecule has 0 amide bonds. The zero-order valence-electron chi connectivity index (χ0n) is 12.1. The van der Waals surface area contributed by atoms with E-state index in [-0.39, 0.29) is 0 Å². The summed E-state index contributed by atoms with van der Waals surface area (Å²) in [5.41, 5.74) is 2.16. The number of nitriles is 1. The molecule has 1 nitrogen and oxygen atoms in total. The monoisotopic (exact) mass is 265 g/mol. The van der Waals surface area contributed by atoms with Crippen LogP contribution in [0.5, 0.6) is 0 Å². The van der Waals surface area contributed by atoms with Crippen molar-refractivity contribution in [3.8, 4) is 6.07 Å². The van der Waals surface area contributed by atoms with E-state index in [1.54, 1.807) is 0 Å². The minimum absolute atomic E-state index is 0.681. The fraction of sp³-hybridized carbons (Fsp3) is 0.421. The van der Waals surface area contributed by atoms with E-state index in [4.69, 9.17) is 5.26 Å². The first-order valence-corrected chi connectivity index (χ1v) is 7.61. The Kier molecular flexibility index (Phi) is 5.62. The van der Waals surface area contributed by atoms with Gasteiger partial charge in [0.2, 0.25) is 0 Å². The van der Waals surface area contributed by atoms with Gasteiger partial charge in [-0.25, -0.2) is 0 Å². The molecule has 1 heteroatoms. The number of unbranched alkanes of at least 4 members (excludes halogenated alkanes) is 1. The lowest BCUT2D eigenvalue weighted by Gasteiger charge is -2.27. The van der Waals surface area contributed by atoms with Gasteiger partial charge in [0.25, 0.3) is 0 Å². The van der Waals surface area contributed by atoms with Crippen LogP contribution < -0.4 is 0 Å². The molecule has 0 unspecified atom stereocenters. The van der Waals surface area contributed by atoms with Gasteiger partial charge in [-0.3, -0.25) is 0 Å². The van der Waals surface area contributed by atoms with Crippen LogP contribution in [0.4, 0.5) is 0 Å². The summed E-state index contributed by atoms with van der Waals surface area (Å²) in [6, 6.07) is 10.3. The quantitative estimate of drug-likeness (QED) is 0.519. The third-order valence-corrected chi connectivity index (χ3v) is 4.23. The van der Waals surface area contributed by atoms with Crippen molar-refractivity contribution in [1.29, 1.82) is 5.26 Å². The van der Waals surface area contributed by atoms with Gasteiger partial charge in [-0.1, -0.05) is 30.4 Å². The first kappa shape index (κ1) is 14.6. The van der Waals surface area contributed by atoms with Gasteiger partial charge in [0, 0.05) is 0 Å². The SMILES string of the molecule is C=CCCC=CC1CCC(c2ccc(C#N)cc2)CC1. The van der Waals surface area contributed by atoms with Crippen LogP contribution in [0, 0.1) is 17.2 Å². The molecular weight excluding hydrogens is 242 g/mol. The van der Waals surface area contributed by atoms with Crippen LogP contribution in [0.25, 0.3) is 0 Å². The van der Waals surface area contributed by atoms with Crippen molar-refractivity contribution in [3.63, 3.8) is 0 Å². The molecule has 0 saturated heterocycles. The molecule has 0 spiro atoms. The van der Waals surface area contributed by atoms with Crippen molar-refractivity contribution in [2.75, 3.05) is 0 Å². The van der Waals surface area contributed by atoms with Crippen molar-refractivity contribution >= 4 is 0 Å². The molecule has 0 radical (unpaired) electrons. The van der Waals surface area contributed by atoms with E-state index < -0.39 is 0 Å². The topological polar surface area (TPSA) is 23.8 Å². The van der Waals surface area contributed by atoms with Gasteiger partial charge in [-0.15, -0.1) is 6.58 Å². The van der Waals surface area contributed by atoms with Crippen molar-refractivity contribution < 1.29 is 0 Å². The van der Waals surface area contributed by atoms with Gasteiger partial charge in [-0.05, 0) is 68.1 Å². The van der Waals surface area contributed by atoms with Crippen LogP contribution in [-0.4, -0.2) is 0 Å². The molecule has 1 saturated carbocycles. The van der Waals surface area contributed by atoms with Crippen LogP contribution in [-0.2, 0) is 0 Å². The fourth-order valence-electron chi connectivity index (χ4n) is 2.98. The molecule has 0 aromatic heterocycles. The van der Waals surface area contributed by atoms with Gasteiger partial charge >= 0.3 is 0 Å². The molecule has 0 aliphatic heterocycles. The number of nitrogens with zero attached hydrogens (tertiary/aromatic N) is 1. The Morgan fingerprint density at radius 3 is 2.40 bits per heavy atom. The van der Waals surface area contributed by atoms with Crippen molar-refractivity contribution in [2.45, 2.75) is 44.4 Å². The van der Waals surface area contributed by atoms with Crippen LogP contribution in [0.15, 0.2) is 49.1 Å². The predicted octanol–water partition coefficient (Wildman–Crippen LogP) is 5.35. The second-order valence-electron chi connectivity index (χ2n) is 5.64. The van der Waals surface area contributed by atoms with Gasteiger partial charge < -0.3 is 0 Å². The zero-order chi connectivity index (χ0) is 14.2. The Balaban J connectivity index is 1.83. The van der Waals surface area contributed by atoms with Crippen LogP contribution in [0.3, 0.4) is 0 Å². The molecule has 0 N–H and O–H groups in total. The molecule has 0 atom stereocenters. The molecular formula is C19H23N. The van der Waals surface area contributed by atoms with E-state index in [1.165, 1.54) is 31.2 Å². The summed E-state index contributed by atoms with van der Waals surface area (Å²) < 4.78 is 0. The second-order valence-corrected chi connectivity index (χ2v) is 5.64. The molecule has 104 valence electrons. The smallest absolute Gasteiger partial charge is 0.0991 e. The summed E-state index contributed by atoms with van der Waals surface area (Å²) in [5.74, 6) is 1.44. The highest BCUT2D eigenvalue weighted by atomic mass is 14.3. The average Bonchev–Trinajstić information content (AvgIpc) is 2.52. The number of hydrogen-bond acceptors (Lipinski definition) is 1. The first-order chi connectivity index (χ1) is 9.83. The number of rotatable bonds is 5. The lowest BCUT2D eigenvalue weighted by molar-refractivity contribution is 0.375. The summed E-state index contributed by atoms with van der Waals surface area (Å²) in [4.78, 5) is 0. The third-order valence-electron chi connectivity index (χ3n) is 4.23. The second kappa shape index (κ2) is 7.70. The lowest BCUT2D eigenvalue weighted by Crippen LogP contribution is -2.11. The molecule has 0 heterocycles. The molecule has 0 bridgehead atoms. The maximum absolute atomic E-state index is 8.83. The minimum atomic E-state index is 0.681. The molecule has 1 aliphatic carbocycles. The van der Waals surface area contributed by atoms with Gasteiger partial charge in [0.15, 0.2) is 0 Å². The standard InChI is InChI=1S/C19H23N/c1-2-3-4-5-6-16-7-11-18(12-8-16)19-13-9-17(15-20)10-14-19/h2,5-6,9-10,13-14,16,18H,1,3-4,7-8,11-12H2. The Labute approximate surface area is 122 Å². The van der Waals surface area contributed by atoms with Crippen molar-refractivity contribution in [1.82, 2.24) is 0 Å². The van der Waals surface area contributed by atoms with Crippen LogP contribution in [0.2, 0.25) is 0 Å². The number of allylic oxidation sites excluding steroid dienone is 3. The molecule has 1 aliphatic rings. The molecule has 2 rings (SSSR count). The van der Waals surface area contributed by atoms with E-state index >= 15 is 0 Å². The highest BCUT2D eigenvalue weighted by Crippen LogP contribution is 2.36. The van der Waals surface area contributed by atoms with Gasteiger partial charge in [-0.2, -0.15) is 5.26 Å². The van der Waals surface area contributed by atoms with E-state index in [9.17, 15) is 0 Å². The molecule has 1 aromatic carbocycles. The van der Waals surface area contributed by atoms with E-state index in [0.29, 0.717) is 5.92 Å². The summed E-state index contributed by atoms with van der Waals surface area (Å²) in [6.07, 6.45) is 14.0. The Morgan fingerprint density at radius 1 is 1.10 bits per heavy atom. The Bertz CT molecular complexity index is 481. The van der Waals surface area contributed by atoms with Gasteiger partial charge in [0.1, 0.15) is 0 Å². The highest BCUT2D eigenvalue weighted by molar-refractivity contribution is 5.33. The van der Waals surface area contributed by atoms with Crippen LogP contribution >= 0.6 is 0 Å². The fourth-order valence-corrected chi connectivity index (χ4v) is 2.98. The van der Waals surface area contributed by atoms with E-state index in [1.807, 2.05) is 18.2 Å². The summed E-state index contributed by atoms with van der Waals surface area (Å²) in [6.45, 7) is 3.75. The number of benzene rings is 1. The van der Waals surface area contributed by atoms with Gasteiger partial charge in [0.05, 0.1) is 11.6 Å².